The number of anilines is 2. The quantitative estimate of drug-likeness (QED) is 0.942. The second kappa shape index (κ2) is 5.91. The van der Waals surface area contributed by atoms with Crippen LogP contribution in [0.1, 0.15) is 23.3 Å². The Morgan fingerprint density at radius 1 is 1.14 bits per heavy atom. The van der Waals surface area contributed by atoms with Crippen molar-refractivity contribution in [1.29, 1.82) is 0 Å². The molecule has 1 N–H and O–H groups in total. The van der Waals surface area contributed by atoms with E-state index < -0.39 is 11.7 Å². The van der Waals surface area contributed by atoms with Crippen molar-refractivity contribution in [2.45, 2.75) is 12.8 Å². The lowest BCUT2D eigenvalue weighted by molar-refractivity contribution is 0.102. The van der Waals surface area contributed by atoms with Crippen molar-refractivity contribution in [1.82, 2.24) is 4.98 Å². The largest absolute Gasteiger partial charge is 0.370 e. The number of nitrogens with one attached hydrogen (secondary N) is 1. The highest BCUT2D eigenvalue weighted by molar-refractivity contribution is 6.03. The Morgan fingerprint density at radius 2 is 1.90 bits per heavy atom. The van der Waals surface area contributed by atoms with Crippen LogP contribution in [0.3, 0.4) is 0 Å². The average Bonchev–Trinajstić information content (AvgIpc) is 3.04. The van der Waals surface area contributed by atoms with Gasteiger partial charge < -0.3 is 10.2 Å². The van der Waals surface area contributed by atoms with Crippen LogP contribution in [-0.2, 0) is 0 Å². The number of rotatable bonds is 3. The van der Waals surface area contributed by atoms with E-state index in [4.69, 9.17) is 0 Å². The first-order valence-corrected chi connectivity index (χ1v) is 7.01. The minimum Gasteiger partial charge on any atom is -0.370 e. The Hall–Kier alpha value is -2.43. The number of para-hydroxylation sites is 1. The maximum Gasteiger partial charge on any atom is 0.274 e. The first-order chi connectivity index (χ1) is 10.2. The van der Waals surface area contributed by atoms with Crippen LogP contribution >= 0.6 is 0 Å². The van der Waals surface area contributed by atoms with Gasteiger partial charge in [0.2, 0.25) is 0 Å². The topological polar surface area (TPSA) is 45.2 Å². The molecular formula is C16H16FN3O. The number of hydrogen-bond donors (Lipinski definition) is 1. The average molecular weight is 285 g/mol. The summed E-state index contributed by atoms with van der Waals surface area (Å²) in [4.78, 5) is 18.5. The zero-order chi connectivity index (χ0) is 14.7. The summed E-state index contributed by atoms with van der Waals surface area (Å²) in [6.45, 7) is 2.06. The number of carbonyl (C=O) groups is 1. The molecule has 0 spiro atoms. The molecule has 21 heavy (non-hydrogen) atoms. The van der Waals surface area contributed by atoms with E-state index >= 15 is 0 Å². The third-order valence-corrected chi connectivity index (χ3v) is 3.57. The number of halogens is 1. The number of amides is 1. The second-order valence-corrected chi connectivity index (χ2v) is 5.03. The summed E-state index contributed by atoms with van der Waals surface area (Å²) in [5.41, 5.74) is 1.46. The fraction of sp³-hybridized carbons (Fsp3) is 0.250. The first kappa shape index (κ1) is 13.5. The van der Waals surface area contributed by atoms with Gasteiger partial charge in [0.15, 0.2) is 0 Å². The van der Waals surface area contributed by atoms with E-state index in [1.807, 2.05) is 6.07 Å². The Labute approximate surface area is 122 Å². The Balaban J connectivity index is 1.71. The van der Waals surface area contributed by atoms with Gasteiger partial charge in [-0.05, 0) is 37.1 Å². The van der Waals surface area contributed by atoms with Gasteiger partial charge in [0.05, 0.1) is 17.6 Å². The molecule has 1 aliphatic heterocycles. The van der Waals surface area contributed by atoms with Crippen LogP contribution < -0.4 is 10.2 Å². The summed E-state index contributed by atoms with van der Waals surface area (Å²) in [5, 5.41) is 2.53. The van der Waals surface area contributed by atoms with Crippen molar-refractivity contribution >= 4 is 17.3 Å². The Morgan fingerprint density at radius 3 is 2.57 bits per heavy atom. The highest BCUT2D eigenvalue weighted by Gasteiger charge is 2.14. The van der Waals surface area contributed by atoms with E-state index in [2.05, 4.69) is 15.2 Å². The first-order valence-electron chi connectivity index (χ1n) is 7.01. The number of benzene rings is 1. The monoisotopic (exact) mass is 285 g/mol. The molecule has 1 saturated heterocycles. The van der Waals surface area contributed by atoms with Crippen molar-refractivity contribution in [3.63, 3.8) is 0 Å². The van der Waals surface area contributed by atoms with Crippen LogP contribution in [0.2, 0.25) is 0 Å². The summed E-state index contributed by atoms with van der Waals surface area (Å²) >= 11 is 0. The summed E-state index contributed by atoms with van der Waals surface area (Å²) in [6.07, 6.45) is 4.08. The SMILES string of the molecule is O=C(Nc1ccccc1F)c1ccc(N2CCCC2)cn1. The number of pyridine rings is 1. The van der Waals surface area contributed by atoms with Gasteiger partial charge >= 0.3 is 0 Å². The van der Waals surface area contributed by atoms with Crippen LogP contribution in [0.5, 0.6) is 0 Å². The Kier molecular flexibility index (Phi) is 3.81. The standard InChI is InChI=1S/C16H16FN3O/c17-13-5-1-2-6-14(13)19-16(21)15-8-7-12(11-18-15)20-9-3-4-10-20/h1-2,5-8,11H,3-4,9-10H2,(H,19,21). The molecule has 0 radical (unpaired) electrons. The molecule has 0 aliphatic carbocycles. The molecule has 1 aromatic heterocycles. The van der Waals surface area contributed by atoms with Gasteiger partial charge in [0.25, 0.3) is 5.91 Å². The second-order valence-electron chi connectivity index (χ2n) is 5.03. The molecule has 1 fully saturated rings. The van der Waals surface area contributed by atoms with E-state index in [-0.39, 0.29) is 11.4 Å². The normalized spacial score (nSPS) is 14.2. The van der Waals surface area contributed by atoms with E-state index in [0.717, 1.165) is 18.8 Å². The van der Waals surface area contributed by atoms with E-state index in [9.17, 15) is 9.18 Å². The maximum absolute atomic E-state index is 13.5. The fourth-order valence-corrected chi connectivity index (χ4v) is 2.43. The predicted molar refractivity (Wildman–Crippen MR) is 80.0 cm³/mol. The van der Waals surface area contributed by atoms with Crippen molar-refractivity contribution in [2.75, 3.05) is 23.3 Å². The van der Waals surface area contributed by atoms with Gasteiger partial charge in [-0.1, -0.05) is 12.1 Å². The third kappa shape index (κ3) is 3.02. The predicted octanol–water partition coefficient (Wildman–Crippen LogP) is 3.07. The molecule has 3 rings (SSSR count). The molecule has 1 aliphatic rings. The van der Waals surface area contributed by atoms with Crippen molar-refractivity contribution < 1.29 is 9.18 Å². The smallest absolute Gasteiger partial charge is 0.274 e. The molecule has 2 aromatic rings. The summed E-state index contributed by atoms with van der Waals surface area (Å²) in [5.74, 6) is -0.868. The molecule has 4 nitrogen and oxygen atoms in total. The molecule has 0 unspecified atom stereocenters. The summed E-state index contributed by atoms with van der Waals surface area (Å²) in [7, 11) is 0. The molecular weight excluding hydrogens is 269 g/mol. The highest BCUT2D eigenvalue weighted by Crippen LogP contribution is 2.19. The minimum absolute atomic E-state index is 0.160. The van der Waals surface area contributed by atoms with Gasteiger partial charge in [-0.3, -0.25) is 4.79 Å². The molecule has 1 amide bonds. The molecule has 5 heteroatoms. The lowest BCUT2D eigenvalue weighted by Gasteiger charge is -2.17. The number of aromatic nitrogens is 1. The van der Waals surface area contributed by atoms with Crippen molar-refractivity contribution in [2.24, 2.45) is 0 Å². The lowest BCUT2D eigenvalue weighted by Crippen LogP contribution is -2.19. The summed E-state index contributed by atoms with van der Waals surface area (Å²) < 4.78 is 13.5. The zero-order valence-electron chi connectivity index (χ0n) is 11.6. The van der Waals surface area contributed by atoms with E-state index in [1.54, 1.807) is 24.4 Å². The molecule has 108 valence electrons. The van der Waals surface area contributed by atoms with Gasteiger partial charge in [-0.2, -0.15) is 0 Å². The van der Waals surface area contributed by atoms with Gasteiger partial charge in [0.1, 0.15) is 11.5 Å². The lowest BCUT2D eigenvalue weighted by atomic mass is 10.2. The van der Waals surface area contributed by atoms with Crippen LogP contribution in [0, 0.1) is 5.82 Å². The Bertz CT molecular complexity index is 636. The number of carbonyl (C=O) groups excluding carboxylic acids is 1. The minimum atomic E-state index is -0.459. The molecule has 0 saturated carbocycles. The van der Waals surface area contributed by atoms with Crippen LogP contribution in [0.15, 0.2) is 42.6 Å². The maximum atomic E-state index is 13.5. The van der Waals surface area contributed by atoms with Gasteiger partial charge in [0, 0.05) is 13.1 Å². The molecule has 2 heterocycles. The summed E-state index contributed by atoms with van der Waals surface area (Å²) in [6, 6.07) is 9.63. The van der Waals surface area contributed by atoms with Crippen LogP contribution in [0.25, 0.3) is 0 Å². The van der Waals surface area contributed by atoms with E-state index in [0.29, 0.717) is 0 Å². The third-order valence-electron chi connectivity index (χ3n) is 3.57. The molecule has 1 aromatic carbocycles. The molecule has 0 atom stereocenters. The fourth-order valence-electron chi connectivity index (χ4n) is 2.43. The highest BCUT2D eigenvalue weighted by atomic mass is 19.1. The number of nitrogens with zero attached hydrogens (tertiary/aromatic N) is 2. The van der Waals surface area contributed by atoms with E-state index in [1.165, 1.54) is 25.0 Å². The van der Waals surface area contributed by atoms with Crippen LogP contribution in [-0.4, -0.2) is 24.0 Å². The van der Waals surface area contributed by atoms with Gasteiger partial charge in [-0.15, -0.1) is 0 Å². The van der Waals surface area contributed by atoms with Crippen molar-refractivity contribution in [3.8, 4) is 0 Å². The zero-order valence-corrected chi connectivity index (χ0v) is 11.6. The van der Waals surface area contributed by atoms with Crippen molar-refractivity contribution in [3.05, 3.63) is 54.1 Å². The molecule has 0 bridgehead atoms. The van der Waals surface area contributed by atoms with Gasteiger partial charge in [-0.25, -0.2) is 9.37 Å². The number of hydrogen-bond acceptors (Lipinski definition) is 3. The van der Waals surface area contributed by atoms with Crippen LogP contribution in [0.4, 0.5) is 15.8 Å².